The van der Waals surface area contributed by atoms with Crippen LogP contribution in [0.1, 0.15) is 11.3 Å². The summed E-state index contributed by atoms with van der Waals surface area (Å²) in [5.41, 5.74) is 3.18. The van der Waals surface area contributed by atoms with Gasteiger partial charge < -0.3 is 14.6 Å². The number of anilines is 2. The highest BCUT2D eigenvalue weighted by molar-refractivity contribution is 5.64. The van der Waals surface area contributed by atoms with Crippen molar-refractivity contribution in [1.82, 2.24) is 15.0 Å². The Morgan fingerprint density at radius 2 is 1.79 bits per heavy atom. The van der Waals surface area contributed by atoms with Crippen molar-refractivity contribution in [3.05, 3.63) is 90.6 Å². The fraction of sp³-hybridized carbons (Fsp3) is 0.174. The molecule has 146 valence electrons. The maximum Gasteiger partial charge on any atom is 0.227 e. The Bertz CT molecular complexity index is 1020. The molecule has 6 nitrogen and oxygen atoms in total. The van der Waals surface area contributed by atoms with Gasteiger partial charge in [-0.2, -0.15) is 4.98 Å². The van der Waals surface area contributed by atoms with Gasteiger partial charge >= 0.3 is 0 Å². The Morgan fingerprint density at radius 1 is 0.966 bits per heavy atom. The Morgan fingerprint density at radius 3 is 2.55 bits per heavy atom. The van der Waals surface area contributed by atoms with E-state index < -0.39 is 0 Å². The number of nitrogens with zero attached hydrogens (tertiary/aromatic N) is 4. The minimum absolute atomic E-state index is 0.568. The molecular weight excluding hydrogens is 362 g/mol. The van der Waals surface area contributed by atoms with Gasteiger partial charge in [-0.25, -0.2) is 4.98 Å². The number of rotatable bonds is 8. The van der Waals surface area contributed by atoms with E-state index >= 15 is 0 Å². The Balaban J connectivity index is 1.56. The maximum atomic E-state index is 5.41. The predicted octanol–water partition coefficient (Wildman–Crippen LogP) is 4.42. The molecule has 0 unspecified atom stereocenters. The average molecular weight is 385 g/mol. The first kappa shape index (κ1) is 18.7. The largest absolute Gasteiger partial charge is 0.467 e. The van der Waals surface area contributed by atoms with Gasteiger partial charge in [0.1, 0.15) is 11.6 Å². The van der Waals surface area contributed by atoms with Crippen LogP contribution in [0.25, 0.3) is 11.3 Å². The van der Waals surface area contributed by atoms with Gasteiger partial charge in [0, 0.05) is 37.6 Å². The van der Waals surface area contributed by atoms with Gasteiger partial charge in [-0.15, -0.1) is 0 Å². The lowest BCUT2D eigenvalue weighted by molar-refractivity contribution is 0.518. The van der Waals surface area contributed by atoms with E-state index in [0.717, 1.165) is 35.8 Å². The average Bonchev–Trinajstić information content (AvgIpc) is 3.31. The molecule has 0 bridgehead atoms. The van der Waals surface area contributed by atoms with Gasteiger partial charge in [0.25, 0.3) is 0 Å². The van der Waals surface area contributed by atoms with E-state index in [0.29, 0.717) is 12.5 Å². The predicted molar refractivity (Wildman–Crippen MR) is 115 cm³/mol. The molecule has 4 rings (SSSR count). The van der Waals surface area contributed by atoms with Gasteiger partial charge in [0.05, 0.1) is 18.5 Å². The lowest BCUT2D eigenvalue weighted by Gasteiger charge is -2.19. The summed E-state index contributed by atoms with van der Waals surface area (Å²) >= 11 is 0. The van der Waals surface area contributed by atoms with Crippen LogP contribution in [0.2, 0.25) is 0 Å². The molecule has 0 aliphatic carbocycles. The number of nitrogens with one attached hydrogen (secondary N) is 1. The minimum Gasteiger partial charge on any atom is -0.467 e. The number of hydrogen-bond donors (Lipinski definition) is 1. The Labute approximate surface area is 170 Å². The van der Waals surface area contributed by atoms with Crippen molar-refractivity contribution in [3.63, 3.8) is 0 Å². The smallest absolute Gasteiger partial charge is 0.227 e. The molecule has 1 N–H and O–H groups in total. The number of pyridine rings is 1. The second-order valence-electron chi connectivity index (χ2n) is 6.76. The van der Waals surface area contributed by atoms with Crippen molar-refractivity contribution >= 4 is 11.8 Å². The SMILES string of the molecule is CN(CCc1ccncc1)c1nc(NCc2ccco2)cc(-c2ccccc2)n1. The highest BCUT2D eigenvalue weighted by Gasteiger charge is 2.11. The van der Waals surface area contributed by atoms with Crippen LogP contribution in [0.4, 0.5) is 11.8 Å². The van der Waals surface area contributed by atoms with Gasteiger partial charge in [0.2, 0.25) is 5.95 Å². The standard InChI is InChI=1S/C23H23N5O/c1-28(14-11-18-9-12-24-13-10-18)23-26-21(19-6-3-2-4-7-19)16-22(27-23)25-17-20-8-5-15-29-20/h2-10,12-13,15-16H,11,14,17H2,1H3,(H,25,26,27). The van der Waals surface area contributed by atoms with Crippen LogP contribution in [0.3, 0.4) is 0 Å². The molecule has 0 saturated carbocycles. The molecule has 6 heteroatoms. The number of hydrogen-bond acceptors (Lipinski definition) is 6. The highest BCUT2D eigenvalue weighted by atomic mass is 16.3. The van der Waals surface area contributed by atoms with Gasteiger partial charge in [-0.05, 0) is 36.2 Å². The van der Waals surface area contributed by atoms with E-state index in [9.17, 15) is 0 Å². The van der Waals surface area contributed by atoms with E-state index in [-0.39, 0.29) is 0 Å². The van der Waals surface area contributed by atoms with Crippen LogP contribution >= 0.6 is 0 Å². The molecule has 4 aromatic rings. The number of furan rings is 1. The highest BCUT2D eigenvalue weighted by Crippen LogP contribution is 2.23. The van der Waals surface area contributed by atoms with Crippen molar-refractivity contribution in [2.75, 3.05) is 23.8 Å². The molecule has 0 radical (unpaired) electrons. The van der Waals surface area contributed by atoms with Crippen LogP contribution in [0.5, 0.6) is 0 Å². The van der Waals surface area contributed by atoms with Crippen molar-refractivity contribution in [3.8, 4) is 11.3 Å². The Hall–Kier alpha value is -3.67. The molecule has 0 saturated heterocycles. The topological polar surface area (TPSA) is 67.1 Å². The first-order valence-electron chi connectivity index (χ1n) is 9.59. The molecule has 0 amide bonds. The summed E-state index contributed by atoms with van der Waals surface area (Å²) in [4.78, 5) is 15.7. The van der Waals surface area contributed by atoms with E-state index in [2.05, 4.69) is 27.3 Å². The summed E-state index contributed by atoms with van der Waals surface area (Å²) < 4.78 is 5.41. The summed E-state index contributed by atoms with van der Waals surface area (Å²) in [5, 5.41) is 3.35. The molecule has 0 aliphatic rings. The van der Waals surface area contributed by atoms with Crippen LogP contribution < -0.4 is 10.2 Å². The zero-order valence-corrected chi connectivity index (χ0v) is 16.3. The quantitative estimate of drug-likeness (QED) is 0.484. The van der Waals surface area contributed by atoms with Gasteiger partial charge in [-0.1, -0.05) is 30.3 Å². The zero-order valence-electron chi connectivity index (χ0n) is 16.3. The molecule has 0 atom stereocenters. The molecule has 0 aliphatic heterocycles. The summed E-state index contributed by atoms with van der Waals surface area (Å²) in [6.45, 7) is 1.37. The van der Waals surface area contributed by atoms with Crippen molar-refractivity contribution in [1.29, 1.82) is 0 Å². The fourth-order valence-electron chi connectivity index (χ4n) is 2.99. The zero-order chi connectivity index (χ0) is 19.9. The second kappa shape index (κ2) is 9.01. The molecule has 3 heterocycles. The summed E-state index contributed by atoms with van der Waals surface area (Å²) in [5.74, 6) is 2.31. The molecule has 0 fully saturated rings. The molecule has 29 heavy (non-hydrogen) atoms. The number of likely N-dealkylation sites (N-methyl/N-ethyl adjacent to an activating group) is 1. The van der Waals surface area contributed by atoms with E-state index in [1.54, 1.807) is 6.26 Å². The lowest BCUT2D eigenvalue weighted by atomic mass is 10.1. The summed E-state index contributed by atoms with van der Waals surface area (Å²) in [6.07, 6.45) is 6.20. The second-order valence-corrected chi connectivity index (χ2v) is 6.76. The molecule has 3 aromatic heterocycles. The monoisotopic (exact) mass is 385 g/mol. The normalized spacial score (nSPS) is 10.7. The van der Waals surface area contributed by atoms with Crippen LogP contribution in [0, 0.1) is 0 Å². The van der Waals surface area contributed by atoms with E-state index in [4.69, 9.17) is 14.4 Å². The number of aromatic nitrogens is 3. The van der Waals surface area contributed by atoms with Crippen molar-refractivity contribution < 1.29 is 4.42 Å². The van der Waals surface area contributed by atoms with E-state index in [1.807, 2.05) is 68.0 Å². The first-order chi connectivity index (χ1) is 14.3. The third kappa shape index (κ3) is 4.99. The molecule has 0 spiro atoms. The fourth-order valence-corrected chi connectivity index (χ4v) is 2.99. The number of benzene rings is 1. The van der Waals surface area contributed by atoms with E-state index in [1.165, 1.54) is 5.56 Å². The molecular formula is C23H23N5O. The molecule has 1 aromatic carbocycles. The Kier molecular flexibility index (Phi) is 5.81. The summed E-state index contributed by atoms with van der Waals surface area (Å²) in [6, 6.07) is 20.0. The van der Waals surface area contributed by atoms with Gasteiger partial charge in [0.15, 0.2) is 0 Å². The maximum absolute atomic E-state index is 5.41. The summed E-state index contributed by atoms with van der Waals surface area (Å²) in [7, 11) is 2.02. The van der Waals surface area contributed by atoms with Crippen LogP contribution in [0.15, 0.2) is 83.7 Å². The van der Waals surface area contributed by atoms with Crippen molar-refractivity contribution in [2.45, 2.75) is 13.0 Å². The lowest BCUT2D eigenvalue weighted by Crippen LogP contribution is -2.23. The third-order valence-corrected chi connectivity index (χ3v) is 4.63. The third-order valence-electron chi connectivity index (χ3n) is 4.63. The van der Waals surface area contributed by atoms with Crippen LogP contribution in [-0.4, -0.2) is 28.5 Å². The first-order valence-corrected chi connectivity index (χ1v) is 9.59. The van der Waals surface area contributed by atoms with Crippen molar-refractivity contribution in [2.24, 2.45) is 0 Å². The van der Waals surface area contributed by atoms with Crippen LogP contribution in [-0.2, 0) is 13.0 Å². The minimum atomic E-state index is 0.568. The van der Waals surface area contributed by atoms with Gasteiger partial charge in [-0.3, -0.25) is 4.98 Å².